The van der Waals surface area contributed by atoms with Crippen molar-refractivity contribution in [1.29, 1.82) is 0 Å². The molecule has 0 aliphatic heterocycles. The Bertz CT molecular complexity index is 897. The minimum atomic E-state index is -3.94. The van der Waals surface area contributed by atoms with Gasteiger partial charge in [0.15, 0.2) is 11.6 Å². The number of aliphatic hydroxyl groups is 1. The highest BCUT2D eigenvalue weighted by molar-refractivity contribution is 8.13. The first kappa shape index (κ1) is 19.7. The van der Waals surface area contributed by atoms with E-state index in [4.69, 9.17) is 10.7 Å². The van der Waals surface area contributed by atoms with Crippen LogP contribution in [-0.2, 0) is 18.6 Å². The Morgan fingerprint density at radius 3 is 2.32 bits per heavy atom. The summed E-state index contributed by atoms with van der Waals surface area (Å²) in [5, 5.41) is 10.2. The van der Waals surface area contributed by atoms with Crippen LogP contribution in [0.5, 0.6) is 0 Å². The molecule has 136 valence electrons. The lowest BCUT2D eigenvalue weighted by molar-refractivity contribution is -0.122. The summed E-state index contributed by atoms with van der Waals surface area (Å²) in [6, 6.07) is 1.72. The van der Waals surface area contributed by atoms with Crippen LogP contribution in [0.4, 0.5) is 0 Å². The van der Waals surface area contributed by atoms with Gasteiger partial charge < -0.3 is 5.11 Å². The normalized spacial score (nSPS) is 18.6. The Balaban J connectivity index is 2.60. The maximum absolute atomic E-state index is 12.4. The van der Waals surface area contributed by atoms with E-state index in [2.05, 4.69) is 0 Å². The molecule has 5 nitrogen and oxygen atoms in total. The monoisotopic (exact) mass is 384 g/mol. The van der Waals surface area contributed by atoms with Gasteiger partial charge in [-0.2, -0.15) is 0 Å². The Hall–Kier alpha value is -1.66. The largest absolute Gasteiger partial charge is 0.511 e. The minimum Gasteiger partial charge on any atom is -0.511 e. The van der Waals surface area contributed by atoms with Gasteiger partial charge in [-0.15, -0.1) is 0 Å². The fourth-order valence-corrected chi connectivity index (χ4v) is 5.41. The van der Waals surface area contributed by atoms with Gasteiger partial charge in [-0.25, -0.2) is 8.42 Å². The van der Waals surface area contributed by atoms with Crippen LogP contribution >= 0.6 is 10.7 Å². The number of halogens is 1. The quantitative estimate of drug-likeness (QED) is 0.630. The van der Waals surface area contributed by atoms with E-state index in [0.29, 0.717) is 16.7 Å². The number of rotatable bonds is 4. The summed E-state index contributed by atoms with van der Waals surface area (Å²) in [4.78, 5) is 24.3. The first-order chi connectivity index (χ1) is 11.5. The Morgan fingerprint density at radius 1 is 1.24 bits per heavy atom. The van der Waals surface area contributed by atoms with Crippen LogP contribution in [-0.4, -0.2) is 25.1 Å². The zero-order valence-corrected chi connectivity index (χ0v) is 16.2. The van der Waals surface area contributed by atoms with Crippen LogP contribution in [0.15, 0.2) is 22.3 Å². The van der Waals surface area contributed by atoms with E-state index in [-0.39, 0.29) is 41.3 Å². The van der Waals surface area contributed by atoms with Crippen molar-refractivity contribution in [1.82, 2.24) is 0 Å². The van der Waals surface area contributed by atoms with Crippen LogP contribution < -0.4 is 0 Å². The SMILES string of the molecule is CCC(=O)C1=C(O)CC(c2c(C)cc(C)c(S(=O)(=O)Cl)c2C)CC1=O. The van der Waals surface area contributed by atoms with E-state index in [1.54, 1.807) is 26.8 Å². The lowest BCUT2D eigenvalue weighted by Crippen LogP contribution is -2.24. The fourth-order valence-electron chi connectivity index (χ4n) is 3.78. The molecule has 0 saturated carbocycles. The Morgan fingerprint density at radius 2 is 1.84 bits per heavy atom. The maximum atomic E-state index is 12.4. The number of hydrogen-bond acceptors (Lipinski definition) is 5. The molecule has 0 saturated heterocycles. The van der Waals surface area contributed by atoms with Crippen molar-refractivity contribution >= 4 is 31.3 Å². The molecule has 0 heterocycles. The molecule has 1 aromatic carbocycles. The number of aryl methyl sites for hydroxylation is 2. The van der Waals surface area contributed by atoms with Gasteiger partial charge >= 0.3 is 0 Å². The highest BCUT2D eigenvalue weighted by Crippen LogP contribution is 2.40. The molecule has 7 heteroatoms. The van der Waals surface area contributed by atoms with Gasteiger partial charge in [0.1, 0.15) is 5.76 Å². The molecule has 1 unspecified atom stereocenters. The van der Waals surface area contributed by atoms with Gasteiger partial charge in [0.25, 0.3) is 9.05 Å². The van der Waals surface area contributed by atoms with Gasteiger partial charge in [0, 0.05) is 29.9 Å². The number of aliphatic hydroxyl groups excluding tert-OH is 1. The second kappa shape index (κ2) is 6.92. The number of carbonyl (C=O) groups excluding carboxylic acids is 2. The van der Waals surface area contributed by atoms with Crippen molar-refractivity contribution in [3.63, 3.8) is 0 Å². The summed E-state index contributed by atoms with van der Waals surface area (Å²) >= 11 is 0. The molecule has 0 fully saturated rings. The number of carbonyl (C=O) groups is 2. The fraction of sp³-hybridized carbons (Fsp3) is 0.444. The van der Waals surface area contributed by atoms with Gasteiger partial charge in [-0.05, 0) is 48.9 Å². The molecule has 0 aromatic heterocycles. The van der Waals surface area contributed by atoms with Crippen molar-refractivity contribution in [2.75, 3.05) is 0 Å². The van der Waals surface area contributed by atoms with Crippen molar-refractivity contribution in [3.05, 3.63) is 39.7 Å². The van der Waals surface area contributed by atoms with Gasteiger partial charge in [0.05, 0.1) is 10.5 Å². The number of hydrogen-bond donors (Lipinski definition) is 1. The second-order valence-corrected chi connectivity index (χ2v) is 8.95. The molecule has 1 atom stereocenters. The molecule has 0 radical (unpaired) electrons. The first-order valence-corrected chi connectivity index (χ1v) is 10.3. The van der Waals surface area contributed by atoms with E-state index >= 15 is 0 Å². The van der Waals surface area contributed by atoms with Crippen LogP contribution in [0.1, 0.15) is 54.4 Å². The number of ketones is 2. The van der Waals surface area contributed by atoms with Crippen molar-refractivity contribution < 1.29 is 23.1 Å². The molecule has 1 aliphatic carbocycles. The topological polar surface area (TPSA) is 88.5 Å². The van der Waals surface area contributed by atoms with E-state index < -0.39 is 20.8 Å². The molecular formula is C18H21ClO5S. The number of allylic oxidation sites excluding steroid dienone is 2. The van der Waals surface area contributed by atoms with E-state index in [1.807, 2.05) is 6.92 Å². The predicted octanol–water partition coefficient (Wildman–Crippen LogP) is 3.78. The lowest BCUT2D eigenvalue weighted by Gasteiger charge is -2.27. The third-order valence-electron chi connectivity index (χ3n) is 4.65. The van der Waals surface area contributed by atoms with E-state index in [1.165, 1.54) is 0 Å². The maximum Gasteiger partial charge on any atom is 0.261 e. The predicted molar refractivity (Wildman–Crippen MR) is 95.6 cm³/mol. The highest BCUT2D eigenvalue weighted by Gasteiger charge is 2.34. The Kier molecular flexibility index (Phi) is 5.44. The van der Waals surface area contributed by atoms with Crippen molar-refractivity contribution in [2.24, 2.45) is 0 Å². The molecule has 1 aliphatic rings. The summed E-state index contributed by atoms with van der Waals surface area (Å²) in [7, 11) is 1.64. The summed E-state index contributed by atoms with van der Waals surface area (Å²) < 4.78 is 23.8. The summed E-state index contributed by atoms with van der Waals surface area (Å²) in [6.45, 7) is 6.79. The smallest absolute Gasteiger partial charge is 0.261 e. The van der Waals surface area contributed by atoms with E-state index in [9.17, 15) is 23.1 Å². The van der Waals surface area contributed by atoms with Crippen molar-refractivity contribution in [3.8, 4) is 0 Å². The summed E-state index contributed by atoms with van der Waals surface area (Å²) in [5.74, 6) is -1.39. The average Bonchev–Trinajstić information content (AvgIpc) is 2.43. The number of benzene rings is 1. The first-order valence-electron chi connectivity index (χ1n) is 8.02. The van der Waals surface area contributed by atoms with Crippen LogP contribution in [0.25, 0.3) is 0 Å². The minimum absolute atomic E-state index is 0.0427. The van der Waals surface area contributed by atoms with E-state index in [0.717, 1.165) is 5.56 Å². The highest BCUT2D eigenvalue weighted by atomic mass is 35.7. The van der Waals surface area contributed by atoms with Gasteiger partial charge in [0.2, 0.25) is 0 Å². The molecule has 25 heavy (non-hydrogen) atoms. The molecule has 2 rings (SSSR count). The average molecular weight is 385 g/mol. The molecule has 1 N–H and O–H groups in total. The van der Waals surface area contributed by atoms with Gasteiger partial charge in [-0.1, -0.05) is 13.0 Å². The van der Waals surface area contributed by atoms with Crippen LogP contribution in [0, 0.1) is 20.8 Å². The second-order valence-electron chi connectivity index (χ2n) is 6.44. The van der Waals surface area contributed by atoms with Crippen LogP contribution in [0.3, 0.4) is 0 Å². The number of Topliss-reactive ketones (excluding diaryl/α,β-unsaturated/α-hetero) is 2. The third-order valence-corrected chi connectivity index (χ3v) is 6.23. The summed E-state index contributed by atoms with van der Waals surface area (Å²) in [5.41, 5.74) is 2.43. The molecule has 0 amide bonds. The third kappa shape index (κ3) is 3.65. The lowest BCUT2D eigenvalue weighted by atomic mass is 9.78. The van der Waals surface area contributed by atoms with Crippen LogP contribution in [0.2, 0.25) is 0 Å². The molecule has 1 aromatic rings. The molecule has 0 bridgehead atoms. The zero-order chi connectivity index (χ0) is 19.1. The molecular weight excluding hydrogens is 364 g/mol. The Labute approximate surface area is 152 Å². The standard InChI is InChI=1S/C18H21ClO5S/c1-5-13(20)17-14(21)7-12(8-15(17)22)16-9(2)6-10(3)18(11(16)4)25(19,23)24/h6,12,21H,5,7-8H2,1-4H3. The zero-order valence-electron chi connectivity index (χ0n) is 14.6. The summed E-state index contributed by atoms with van der Waals surface area (Å²) in [6.07, 6.45) is 0.323. The molecule has 0 spiro atoms. The van der Waals surface area contributed by atoms with Crippen molar-refractivity contribution in [2.45, 2.75) is 57.8 Å². The van der Waals surface area contributed by atoms with Gasteiger partial charge in [-0.3, -0.25) is 9.59 Å².